The van der Waals surface area contributed by atoms with Gasteiger partial charge in [0, 0.05) is 57.9 Å². The van der Waals surface area contributed by atoms with E-state index in [4.69, 9.17) is 4.74 Å². The summed E-state index contributed by atoms with van der Waals surface area (Å²) in [6.07, 6.45) is 2.73. The first-order valence-electron chi connectivity index (χ1n) is 10.0. The van der Waals surface area contributed by atoms with Crippen molar-refractivity contribution in [3.05, 3.63) is 29.8 Å². The van der Waals surface area contributed by atoms with Gasteiger partial charge in [-0.3, -0.25) is 14.4 Å². The zero-order valence-corrected chi connectivity index (χ0v) is 16.4. The predicted molar refractivity (Wildman–Crippen MR) is 103 cm³/mol. The van der Waals surface area contributed by atoms with Crippen molar-refractivity contribution >= 4 is 17.7 Å². The maximum atomic E-state index is 12.6. The number of hydrogen-bond donors (Lipinski definition) is 0. The Labute approximate surface area is 165 Å². The smallest absolute Gasteiger partial charge is 0.242 e. The van der Waals surface area contributed by atoms with Gasteiger partial charge in [-0.2, -0.15) is 0 Å². The number of carbonyl (C=O) groups excluding carboxylic acids is 3. The Morgan fingerprint density at radius 1 is 1.11 bits per heavy atom. The van der Waals surface area contributed by atoms with Gasteiger partial charge in [-0.05, 0) is 12.5 Å². The van der Waals surface area contributed by atoms with E-state index in [1.54, 1.807) is 11.8 Å². The second-order valence-corrected chi connectivity index (χ2v) is 8.07. The van der Waals surface area contributed by atoms with E-state index in [0.29, 0.717) is 52.0 Å². The van der Waals surface area contributed by atoms with Gasteiger partial charge >= 0.3 is 0 Å². The lowest BCUT2D eigenvalue weighted by Crippen LogP contribution is -2.56. The highest BCUT2D eigenvalue weighted by molar-refractivity contribution is 5.86. The average molecular weight is 385 g/mol. The normalized spacial score (nSPS) is 21.3. The number of fused-ring (bicyclic) bond motifs is 1. The number of rotatable bonds is 2. The molecule has 2 saturated heterocycles. The van der Waals surface area contributed by atoms with Crippen LogP contribution in [0.5, 0.6) is 5.75 Å². The first kappa shape index (κ1) is 18.8. The summed E-state index contributed by atoms with van der Waals surface area (Å²) in [6, 6.07) is 7.86. The average Bonchev–Trinajstić information content (AvgIpc) is 2.99. The Morgan fingerprint density at radius 3 is 2.54 bits per heavy atom. The highest BCUT2D eigenvalue weighted by atomic mass is 16.5. The van der Waals surface area contributed by atoms with Gasteiger partial charge in [0.05, 0.1) is 13.1 Å². The van der Waals surface area contributed by atoms with Crippen LogP contribution in [-0.4, -0.2) is 70.7 Å². The molecule has 0 saturated carbocycles. The van der Waals surface area contributed by atoms with Crippen molar-refractivity contribution in [3.63, 3.8) is 0 Å². The fraction of sp³-hybridized carbons (Fsp3) is 0.571. The number of ether oxygens (including phenoxy) is 1. The zero-order chi connectivity index (χ0) is 19.7. The van der Waals surface area contributed by atoms with Crippen molar-refractivity contribution in [2.75, 3.05) is 32.7 Å². The molecule has 0 N–H and O–H groups in total. The van der Waals surface area contributed by atoms with Crippen molar-refractivity contribution in [1.29, 1.82) is 0 Å². The minimum atomic E-state index is -0.474. The van der Waals surface area contributed by atoms with Crippen LogP contribution in [0, 0.1) is 0 Å². The van der Waals surface area contributed by atoms with Crippen LogP contribution in [-0.2, 0) is 20.9 Å². The molecule has 4 rings (SSSR count). The van der Waals surface area contributed by atoms with Crippen molar-refractivity contribution in [2.45, 2.75) is 44.8 Å². The van der Waals surface area contributed by atoms with E-state index in [0.717, 1.165) is 17.7 Å². The molecule has 7 heteroatoms. The van der Waals surface area contributed by atoms with Crippen LogP contribution in [0.3, 0.4) is 0 Å². The molecule has 0 radical (unpaired) electrons. The number of piperidine rings is 1. The molecule has 7 nitrogen and oxygen atoms in total. The van der Waals surface area contributed by atoms with Crippen LogP contribution in [0.4, 0.5) is 0 Å². The number of benzene rings is 1. The second kappa shape index (κ2) is 7.45. The highest BCUT2D eigenvalue weighted by Gasteiger charge is 2.42. The lowest BCUT2D eigenvalue weighted by molar-refractivity contribution is -0.142. The molecule has 0 unspecified atom stereocenters. The van der Waals surface area contributed by atoms with Crippen molar-refractivity contribution in [2.24, 2.45) is 0 Å². The Bertz CT molecular complexity index is 786. The Kier molecular flexibility index (Phi) is 5.00. The van der Waals surface area contributed by atoms with E-state index in [2.05, 4.69) is 0 Å². The third-order valence-corrected chi connectivity index (χ3v) is 6.11. The van der Waals surface area contributed by atoms with Crippen LogP contribution in [0.1, 0.15) is 38.2 Å². The molecule has 1 aromatic rings. The molecular weight excluding hydrogens is 358 g/mol. The number of amides is 3. The molecule has 0 bridgehead atoms. The van der Waals surface area contributed by atoms with Gasteiger partial charge in [-0.25, -0.2) is 0 Å². The van der Waals surface area contributed by atoms with Gasteiger partial charge < -0.3 is 19.4 Å². The van der Waals surface area contributed by atoms with Crippen LogP contribution < -0.4 is 4.74 Å². The molecule has 1 aromatic carbocycles. The molecule has 1 spiro atoms. The summed E-state index contributed by atoms with van der Waals surface area (Å²) in [5.41, 5.74) is 0.541. The molecule has 2 fully saturated rings. The molecule has 3 heterocycles. The van der Waals surface area contributed by atoms with E-state index in [1.165, 1.54) is 0 Å². The SMILES string of the molecule is CC(=O)N1Cc2ccccc2OC2(CCN(C(=O)CN3CCCC3=O)CC2)C1. The van der Waals surface area contributed by atoms with Crippen LogP contribution in [0.25, 0.3) is 0 Å². The number of para-hydroxylation sites is 1. The second-order valence-electron chi connectivity index (χ2n) is 8.07. The largest absolute Gasteiger partial charge is 0.485 e. The summed E-state index contributed by atoms with van der Waals surface area (Å²) in [5.74, 6) is 0.935. The van der Waals surface area contributed by atoms with Gasteiger partial charge in [-0.1, -0.05) is 18.2 Å². The molecule has 150 valence electrons. The van der Waals surface area contributed by atoms with E-state index in [1.807, 2.05) is 34.1 Å². The summed E-state index contributed by atoms with van der Waals surface area (Å²) in [5, 5.41) is 0. The predicted octanol–water partition coefficient (Wildman–Crippen LogP) is 1.41. The quantitative estimate of drug-likeness (QED) is 0.772. The standard InChI is InChI=1S/C21H27N3O4/c1-16(25)24-13-17-5-2-3-6-18(17)28-21(15-24)8-11-22(12-9-21)20(27)14-23-10-4-7-19(23)26/h2-3,5-6H,4,7-15H2,1H3. The fourth-order valence-electron chi connectivity index (χ4n) is 4.39. The first-order valence-corrected chi connectivity index (χ1v) is 10.0. The van der Waals surface area contributed by atoms with Crippen LogP contribution in [0.15, 0.2) is 24.3 Å². The monoisotopic (exact) mass is 385 g/mol. The molecule has 3 aliphatic heterocycles. The van der Waals surface area contributed by atoms with Crippen molar-refractivity contribution in [1.82, 2.24) is 14.7 Å². The molecule has 3 aliphatic rings. The molecule has 28 heavy (non-hydrogen) atoms. The van der Waals surface area contributed by atoms with Crippen molar-refractivity contribution in [3.8, 4) is 5.75 Å². The van der Waals surface area contributed by atoms with E-state index in [9.17, 15) is 14.4 Å². The summed E-state index contributed by atoms with van der Waals surface area (Å²) >= 11 is 0. The zero-order valence-electron chi connectivity index (χ0n) is 16.4. The minimum absolute atomic E-state index is 0.00236. The Hall–Kier alpha value is -2.57. The van der Waals surface area contributed by atoms with Gasteiger partial charge in [0.2, 0.25) is 17.7 Å². The summed E-state index contributed by atoms with van der Waals surface area (Å²) < 4.78 is 6.45. The summed E-state index contributed by atoms with van der Waals surface area (Å²) in [6.45, 7) is 4.68. The summed E-state index contributed by atoms with van der Waals surface area (Å²) in [4.78, 5) is 41.9. The summed E-state index contributed by atoms with van der Waals surface area (Å²) in [7, 11) is 0. The van der Waals surface area contributed by atoms with Gasteiger partial charge in [0.25, 0.3) is 0 Å². The number of hydrogen-bond acceptors (Lipinski definition) is 4. The Morgan fingerprint density at radius 2 is 1.86 bits per heavy atom. The molecule has 0 aliphatic carbocycles. The van der Waals surface area contributed by atoms with Gasteiger partial charge in [0.15, 0.2) is 0 Å². The van der Waals surface area contributed by atoms with E-state index < -0.39 is 5.60 Å². The van der Waals surface area contributed by atoms with Gasteiger partial charge in [0.1, 0.15) is 11.4 Å². The highest BCUT2D eigenvalue weighted by Crippen LogP contribution is 2.35. The molecule has 3 amide bonds. The van der Waals surface area contributed by atoms with Crippen LogP contribution in [0.2, 0.25) is 0 Å². The first-order chi connectivity index (χ1) is 13.5. The lowest BCUT2D eigenvalue weighted by Gasteiger charge is -2.43. The van der Waals surface area contributed by atoms with Gasteiger partial charge in [-0.15, -0.1) is 0 Å². The maximum Gasteiger partial charge on any atom is 0.242 e. The van der Waals surface area contributed by atoms with E-state index >= 15 is 0 Å². The maximum absolute atomic E-state index is 12.6. The minimum Gasteiger partial charge on any atom is -0.485 e. The van der Waals surface area contributed by atoms with Crippen LogP contribution >= 0.6 is 0 Å². The fourth-order valence-corrected chi connectivity index (χ4v) is 4.39. The number of nitrogens with zero attached hydrogens (tertiary/aromatic N) is 3. The number of likely N-dealkylation sites (tertiary alicyclic amines) is 2. The molecular formula is C21H27N3O4. The van der Waals surface area contributed by atoms with Crippen molar-refractivity contribution < 1.29 is 19.1 Å². The third-order valence-electron chi connectivity index (χ3n) is 6.11. The number of carbonyl (C=O) groups is 3. The third kappa shape index (κ3) is 3.70. The molecule has 0 aromatic heterocycles. The molecule has 0 atom stereocenters. The van der Waals surface area contributed by atoms with E-state index in [-0.39, 0.29) is 24.3 Å². The topological polar surface area (TPSA) is 70.2 Å². The lowest BCUT2D eigenvalue weighted by atomic mass is 9.90. The Balaban J connectivity index is 1.45.